The Morgan fingerprint density at radius 2 is 1.80 bits per heavy atom. The normalized spacial score (nSPS) is 19.0. The predicted octanol–water partition coefficient (Wildman–Crippen LogP) is 3.02. The molecule has 0 spiro atoms. The van der Waals surface area contributed by atoms with Gasteiger partial charge in [0, 0.05) is 19.6 Å². The molecule has 6 heteroatoms. The van der Waals surface area contributed by atoms with Gasteiger partial charge >= 0.3 is 0 Å². The molecule has 0 amide bonds. The maximum Gasteiger partial charge on any atom is 0.240 e. The van der Waals surface area contributed by atoms with Crippen LogP contribution in [0.1, 0.15) is 18.4 Å². The zero-order chi connectivity index (χ0) is 17.7. The van der Waals surface area contributed by atoms with Crippen molar-refractivity contribution in [1.82, 2.24) is 9.62 Å². The zero-order valence-corrected chi connectivity index (χ0v) is 14.9. The highest BCUT2D eigenvalue weighted by Crippen LogP contribution is 2.19. The zero-order valence-electron chi connectivity index (χ0n) is 14.1. The summed E-state index contributed by atoms with van der Waals surface area (Å²) in [5, 5.41) is 0. The topological polar surface area (TPSA) is 49.4 Å². The van der Waals surface area contributed by atoms with Crippen molar-refractivity contribution in [2.45, 2.75) is 24.3 Å². The van der Waals surface area contributed by atoms with Gasteiger partial charge in [0.1, 0.15) is 5.82 Å². The molecular weight excluding hydrogens is 339 g/mol. The van der Waals surface area contributed by atoms with Gasteiger partial charge in [-0.15, -0.1) is 0 Å². The van der Waals surface area contributed by atoms with E-state index in [1.165, 1.54) is 17.7 Å². The molecule has 0 radical (unpaired) electrons. The Balaban J connectivity index is 1.55. The molecule has 2 aromatic rings. The summed E-state index contributed by atoms with van der Waals surface area (Å²) < 4.78 is 40.2. The number of piperidine rings is 1. The van der Waals surface area contributed by atoms with Crippen LogP contribution in [0, 0.1) is 11.7 Å². The van der Waals surface area contributed by atoms with E-state index in [0.29, 0.717) is 6.54 Å². The molecule has 0 saturated carbocycles. The molecule has 0 aromatic heterocycles. The molecule has 4 nitrogen and oxygen atoms in total. The minimum atomic E-state index is -3.59. The molecule has 1 fully saturated rings. The summed E-state index contributed by atoms with van der Waals surface area (Å²) in [5.74, 6) is -0.157. The summed E-state index contributed by atoms with van der Waals surface area (Å²) in [6, 6.07) is 15.2. The number of likely N-dealkylation sites (tertiary alicyclic amines) is 1. The molecule has 3 rings (SSSR count). The van der Waals surface area contributed by atoms with E-state index in [4.69, 9.17) is 0 Å². The second kappa shape index (κ2) is 8.08. The summed E-state index contributed by atoms with van der Waals surface area (Å²) in [5.41, 5.74) is 1.27. The van der Waals surface area contributed by atoms with Gasteiger partial charge in [0.15, 0.2) is 0 Å². The van der Waals surface area contributed by atoms with Crippen molar-refractivity contribution < 1.29 is 12.8 Å². The Labute approximate surface area is 148 Å². The molecule has 2 aromatic carbocycles. The highest BCUT2D eigenvalue weighted by Gasteiger charge is 2.22. The van der Waals surface area contributed by atoms with Crippen LogP contribution in [0.2, 0.25) is 0 Å². The number of nitrogens with one attached hydrogen (secondary N) is 1. The Morgan fingerprint density at radius 1 is 1.08 bits per heavy atom. The smallest absolute Gasteiger partial charge is 0.240 e. The van der Waals surface area contributed by atoms with Crippen LogP contribution in [-0.2, 0) is 16.6 Å². The molecule has 1 aliphatic rings. The van der Waals surface area contributed by atoms with Crippen LogP contribution < -0.4 is 4.72 Å². The third kappa shape index (κ3) is 5.11. The molecule has 1 heterocycles. The van der Waals surface area contributed by atoms with Crippen LogP contribution in [0.3, 0.4) is 0 Å². The molecular formula is C19H23FN2O2S. The number of hydrogen-bond acceptors (Lipinski definition) is 3. The highest BCUT2D eigenvalue weighted by molar-refractivity contribution is 7.89. The van der Waals surface area contributed by atoms with E-state index in [0.717, 1.165) is 44.6 Å². The van der Waals surface area contributed by atoms with Crippen molar-refractivity contribution in [3.05, 3.63) is 66.0 Å². The average Bonchev–Trinajstić information content (AvgIpc) is 2.62. The van der Waals surface area contributed by atoms with Gasteiger partial charge in [0.25, 0.3) is 0 Å². The molecule has 0 aliphatic carbocycles. The summed E-state index contributed by atoms with van der Waals surface area (Å²) in [4.78, 5) is 2.47. The second-order valence-corrected chi connectivity index (χ2v) is 8.30. The fraction of sp³-hybridized carbons (Fsp3) is 0.368. The van der Waals surface area contributed by atoms with Crippen molar-refractivity contribution >= 4 is 10.0 Å². The number of sulfonamides is 1. The van der Waals surface area contributed by atoms with Crippen LogP contribution in [0.5, 0.6) is 0 Å². The van der Waals surface area contributed by atoms with E-state index in [-0.39, 0.29) is 10.8 Å². The number of benzene rings is 2. The summed E-state index contributed by atoms with van der Waals surface area (Å²) in [6.07, 6.45) is 2.08. The first-order valence-electron chi connectivity index (χ1n) is 8.54. The second-order valence-electron chi connectivity index (χ2n) is 6.53. The van der Waals surface area contributed by atoms with E-state index >= 15 is 0 Å². The third-order valence-electron chi connectivity index (χ3n) is 4.54. The minimum absolute atomic E-state index is 0.103. The van der Waals surface area contributed by atoms with Crippen molar-refractivity contribution in [1.29, 1.82) is 0 Å². The largest absolute Gasteiger partial charge is 0.299 e. The monoisotopic (exact) mass is 362 g/mol. The quantitative estimate of drug-likeness (QED) is 0.859. The minimum Gasteiger partial charge on any atom is -0.299 e. The summed E-state index contributed by atoms with van der Waals surface area (Å²) >= 11 is 0. The van der Waals surface area contributed by atoms with Crippen LogP contribution >= 0.6 is 0 Å². The standard InChI is InChI=1S/C19H23FN2O2S/c20-18-8-10-19(11-9-18)25(23,24)21-13-17-7-4-12-22(15-17)14-16-5-2-1-3-6-16/h1-3,5-6,8-11,17,21H,4,7,12-15H2. The fourth-order valence-electron chi connectivity index (χ4n) is 3.23. The lowest BCUT2D eigenvalue weighted by Crippen LogP contribution is -2.40. The number of nitrogens with zero attached hydrogens (tertiary/aromatic N) is 1. The van der Waals surface area contributed by atoms with Gasteiger partial charge in [-0.2, -0.15) is 0 Å². The van der Waals surface area contributed by atoms with Crippen molar-refractivity contribution in [2.75, 3.05) is 19.6 Å². The van der Waals surface area contributed by atoms with Crippen molar-refractivity contribution in [3.63, 3.8) is 0 Å². The number of halogens is 1. The van der Waals surface area contributed by atoms with Gasteiger partial charge in [0.2, 0.25) is 10.0 Å². The summed E-state index contributed by atoms with van der Waals surface area (Å²) in [7, 11) is -3.59. The maximum atomic E-state index is 13.0. The van der Waals surface area contributed by atoms with Crippen LogP contribution in [0.4, 0.5) is 4.39 Å². The molecule has 25 heavy (non-hydrogen) atoms. The van der Waals surface area contributed by atoms with Gasteiger partial charge in [0.05, 0.1) is 4.90 Å². The molecule has 1 saturated heterocycles. The lowest BCUT2D eigenvalue weighted by atomic mass is 9.98. The fourth-order valence-corrected chi connectivity index (χ4v) is 4.34. The SMILES string of the molecule is O=S(=O)(NCC1CCCN(Cc2ccccc2)C1)c1ccc(F)cc1. The van der Waals surface area contributed by atoms with Gasteiger partial charge in [-0.05, 0) is 55.1 Å². The molecule has 134 valence electrons. The van der Waals surface area contributed by atoms with Gasteiger partial charge in [-0.1, -0.05) is 30.3 Å². The van der Waals surface area contributed by atoms with E-state index < -0.39 is 15.8 Å². The molecule has 1 atom stereocenters. The Morgan fingerprint density at radius 3 is 2.52 bits per heavy atom. The average molecular weight is 362 g/mol. The predicted molar refractivity (Wildman–Crippen MR) is 96.0 cm³/mol. The lowest BCUT2D eigenvalue weighted by molar-refractivity contribution is 0.169. The molecule has 1 unspecified atom stereocenters. The lowest BCUT2D eigenvalue weighted by Gasteiger charge is -2.32. The van der Waals surface area contributed by atoms with Crippen LogP contribution in [0.25, 0.3) is 0 Å². The first-order chi connectivity index (χ1) is 12.0. The first kappa shape index (κ1) is 18.0. The molecule has 1 N–H and O–H groups in total. The Bertz CT molecular complexity index is 779. The number of hydrogen-bond donors (Lipinski definition) is 1. The maximum absolute atomic E-state index is 13.0. The molecule has 0 bridgehead atoms. The van der Waals surface area contributed by atoms with Crippen molar-refractivity contribution in [2.24, 2.45) is 5.92 Å². The van der Waals surface area contributed by atoms with E-state index in [9.17, 15) is 12.8 Å². The van der Waals surface area contributed by atoms with Gasteiger partial charge in [-0.3, -0.25) is 4.90 Å². The third-order valence-corrected chi connectivity index (χ3v) is 5.98. The van der Waals surface area contributed by atoms with Crippen molar-refractivity contribution in [3.8, 4) is 0 Å². The van der Waals surface area contributed by atoms with Crippen LogP contribution in [-0.4, -0.2) is 33.0 Å². The van der Waals surface area contributed by atoms with E-state index in [2.05, 4.69) is 21.8 Å². The highest BCUT2D eigenvalue weighted by atomic mass is 32.2. The Hall–Kier alpha value is -1.76. The number of rotatable bonds is 6. The van der Waals surface area contributed by atoms with E-state index in [1.54, 1.807) is 0 Å². The molecule has 1 aliphatic heterocycles. The summed E-state index contributed by atoms with van der Waals surface area (Å²) in [6.45, 7) is 3.21. The Kier molecular flexibility index (Phi) is 5.83. The van der Waals surface area contributed by atoms with E-state index in [1.807, 2.05) is 18.2 Å². The van der Waals surface area contributed by atoms with Crippen LogP contribution in [0.15, 0.2) is 59.5 Å². The van der Waals surface area contributed by atoms with Gasteiger partial charge < -0.3 is 0 Å². The first-order valence-corrected chi connectivity index (χ1v) is 10.0. The van der Waals surface area contributed by atoms with Gasteiger partial charge in [-0.25, -0.2) is 17.5 Å².